The highest BCUT2D eigenvalue weighted by molar-refractivity contribution is 7.92. The molecule has 9 heteroatoms. The molecule has 0 bridgehead atoms. The van der Waals surface area contributed by atoms with Crippen molar-refractivity contribution in [3.63, 3.8) is 0 Å². The number of anilines is 2. The molecular weight excluding hydrogens is 390 g/mol. The molecule has 0 heterocycles. The Morgan fingerprint density at radius 2 is 1.72 bits per heavy atom. The van der Waals surface area contributed by atoms with Gasteiger partial charge in [0.25, 0.3) is 0 Å². The maximum absolute atomic E-state index is 13.1. The van der Waals surface area contributed by atoms with E-state index in [1.807, 2.05) is 0 Å². The Labute approximate surface area is 155 Å². The molecule has 0 aliphatic heterocycles. The van der Waals surface area contributed by atoms with Crippen LogP contribution in [0, 0.1) is 5.82 Å². The smallest absolute Gasteiger partial charge is 0.247 e. The molecular formula is C16H15Cl2FN2O3S. The molecule has 0 radical (unpaired) electrons. The summed E-state index contributed by atoms with van der Waals surface area (Å²) in [5.74, 6) is -1.08. The van der Waals surface area contributed by atoms with Crippen molar-refractivity contribution in [2.75, 3.05) is 15.9 Å². The van der Waals surface area contributed by atoms with Crippen molar-refractivity contribution in [3.8, 4) is 0 Å². The zero-order chi connectivity index (χ0) is 18.8. The van der Waals surface area contributed by atoms with Crippen LogP contribution in [0.2, 0.25) is 10.0 Å². The minimum Gasteiger partial charge on any atom is -0.324 e. The highest BCUT2D eigenvalue weighted by Crippen LogP contribution is 2.26. The largest absolute Gasteiger partial charge is 0.324 e. The predicted octanol–water partition coefficient (Wildman–Crippen LogP) is 3.93. The molecule has 0 aliphatic rings. The van der Waals surface area contributed by atoms with E-state index in [1.54, 1.807) is 6.07 Å². The first-order valence-electron chi connectivity index (χ1n) is 7.10. The second-order valence-electron chi connectivity index (χ2n) is 5.33. The van der Waals surface area contributed by atoms with Crippen molar-refractivity contribution in [3.05, 3.63) is 58.3 Å². The maximum atomic E-state index is 13.1. The summed E-state index contributed by atoms with van der Waals surface area (Å²) in [5.41, 5.74) is 0.555. The summed E-state index contributed by atoms with van der Waals surface area (Å²) in [7, 11) is -3.78. The third-order valence-corrected chi connectivity index (χ3v) is 5.34. The van der Waals surface area contributed by atoms with E-state index in [9.17, 15) is 17.6 Å². The number of hydrogen-bond donors (Lipinski definition) is 1. The summed E-state index contributed by atoms with van der Waals surface area (Å²) in [6, 6.07) is 8.26. The molecule has 2 aromatic rings. The first-order chi connectivity index (χ1) is 11.6. The summed E-state index contributed by atoms with van der Waals surface area (Å²) < 4.78 is 38.3. The van der Waals surface area contributed by atoms with Gasteiger partial charge in [-0.2, -0.15) is 0 Å². The minimum absolute atomic E-state index is 0.181. The van der Waals surface area contributed by atoms with Crippen LogP contribution in [-0.4, -0.2) is 26.6 Å². The molecule has 0 saturated carbocycles. The van der Waals surface area contributed by atoms with Crippen LogP contribution in [0.5, 0.6) is 0 Å². The van der Waals surface area contributed by atoms with E-state index >= 15 is 0 Å². The van der Waals surface area contributed by atoms with Crippen LogP contribution >= 0.6 is 23.2 Å². The average molecular weight is 405 g/mol. The lowest BCUT2D eigenvalue weighted by Gasteiger charge is -2.28. The van der Waals surface area contributed by atoms with Gasteiger partial charge in [-0.3, -0.25) is 9.10 Å². The Balaban J connectivity index is 2.29. The van der Waals surface area contributed by atoms with Crippen LogP contribution in [-0.2, 0) is 14.8 Å². The minimum atomic E-state index is -3.78. The Morgan fingerprint density at radius 1 is 1.12 bits per heavy atom. The molecule has 0 unspecified atom stereocenters. The van der Waals surface area contributed by atoms with Gasteiger partial charge in [0.2, 0.25) is 15.9 Å². The van der Waals surface area contributed by atoms with Gasteiger partial charge in [-0.25, -0.2) is 12.8 Å². The summed E-state index contributed by atoms with van der Waals surface area (Å²) >= 11 is 11.7. The van der Waals surface area contributed by atoms with Crippen molar-refractivity contribution in [1.29, 1.82) is 0 Å². The van der Waals surface area contributed by atoms with Crippen LogP contribution in [0.1, 0.15) is 6.92 Å². The zero-order valence-corrected chi connectivity index (χ0v) is 15.7. The Morgan fingerprint density at radius 3 is 2.24 bits per heavy atom. The van der Waals surface area contributed by atoms with Crippen molar-refractivity contribution in [2.24, 2.45) is 0 Å². The lowest BCUT2D eigenvalue weighted by Crippen LogP contribution is -2.45. The van der Waals surface area contributed by atoms with Gasteiger partial charge >= 0.3 is 0 Å². The molecule has 1 amide bonds. The zero-order valence-electron chi connectivity index (χ0n) is 13.3. The number of sulfonamides is 1. The van der Waals surface area contributed by atoms with Crippen LogP contribution in [0.25, 0.3) is 0 Å². The van der Waals surface area contributed by atoms with Gasteiger partial charge in [0, 0.05) is 5.69 Å². The molecule has 5 nitrogen and oxygen atoms in total. The summed E-state index contributed by atoms with van der Waals surface area (Å²) in [6.07, 6.45) is 0.972. The quantitative estimate of drug-likeness (QED) is 0.820. The highest BCUT2D eigenvalue weighted by Gasteiger charge is 2.29. The molecule has 2 rings (SSSR count). The van der Waals surface area contributed by atoms with Gasteiger partial charge in [-0.15, -0.1) is 0 Å². The average Bonchev–Trinajstić information content (AvgIpc) is 2.51. The van der Waals surface area contributed by atoms with E-state index in [0.29, 0.717) is 10.7 Å². The number of benzene rings is 2. The first-order valence-corrected chi connectivity index (χ1v) is 9.71. The second kappa shape index (κ2) is 7.59. The predicted molar refractivity (Wildman–Crippen MR) is 98.3 cm³/mol. The number of amides is 1. The normalized spacial score (nSPS) is 12.5. The van der Waals surface area contributed by atoms with Crippen LogP contribution < -0.4 is 9.62 Å². The molecule has 1 N–H and O–H groups in total. The number of carbonyl (C=O) groups is 1. The molecule has 0 aliphatic carbocycles. The molecule has 134 valence electrons. The van der Waals surface area contributed by atoms with Crippen LogP contribution in [0.3, 0.4) is 0 Å². The topological polar surface area (TPSA) is 66.5 Å². The Hall–Kier alpha value is -1.83. The van der Waals surface area contributed by atoms with Gasteiger partial charge in [0.15, 0.2) is 0 Å². The fourth-order valence-electron chi connectivity index (χ4n) is 2.22. The summed E-state index contributed by atoms with van der Waals surface area (Å²) in [4.78, 5) is 12.5. The van der Waals surface area contributed by atoms with Crippen LogP contribution in [0.15, 0.2) is 42.5 Å². The fourth-order valence-corrected chi connectivity index (χ4v) is 3.69. The second-order valence-corrected chi connectivity index (χ2v) is 8.00. The summed E-state index contributed by atoms with van der Waals surface area (Å²) in [6.45, 7) is 1.43. The first kappa shape index (κ1) is 19.5. The number of nitrogens with zero attached hydrogens (tertiary/aromatic N) is 1. The van der Waals surface area contributed by atoms with Gasteiger partial charge in [0.1, 0.15) is 11.9 Å². The molecule has 2 aromatic carbocycles. The number of nitrogens with one attached hydrogen (secondary N) is 1. The van der Waals surface area contributed by atoms with E-state index < -0.39 is 27.8 Å². The van der Waals surface area contributed by atoms with Crippen molar-refractivity contribution < 1.29 is 17.6 Å². The number of carbonyl (C=O) groups excluding carboxylic acids is 1. The third-order valence-electron chi connectivity index (χ3n) is 3.36. The van der Waals surface area contributed by atoms with Crippen molar-refractivity contribution >= 4 is 50.5 Å². The number of rotatable bonds is 5. The van der Waals surface area contributed by atoms with Gasteiger partial charge < -0.3 is 5.32 Å². The number of halogens is 3. The van der Waals surface area contributed by atoms with E-state index in [-0.39, 0.29) is 10.7 Å². The van der Waals surface area contributed by atoms with Crippen LogP contribution in [0.4, 0.5) is 15.8 Å². The van der Waals surface area contributed by atoms with Crippen molar-refractivity contribution in [1.82, 2.24) is 0 Å². The van der Waals surface area contributed by atoms with Gasteiger partial charge in [-0.1, -0.05) is 23.2 Å². The third kappa shape index (κ3) is 4.84. The molecule has 0 aromatic heterocycles. The Kier molecular flexibility index (Phi) is 5.92. The lowest BCUT2D eigenvalue weighted by atomic mass is 10.2. The summed E-state index contributed by atoms with van der Waals surface area (Å²) in [5, 5.41) is 3.17. The maximum Gasteiger partial charge on any atom is 0.247 e. The van der Waals surface area contributed by atoms with E-state index in [1.165, 1.54) is 31.2 Å². The highest BCUT2D eigenvalue weighted by atomic mass is 35.5. The Bertz CT molecular complexity index is 889. The molecule has 0 fully saturated rings. The number of hydrogen-bond acceptors (Lipinski definition) is 3. The fraction of sp³-hybridized carbons (Fsp3) is 0.188. The molecule has 25 heavy (non-hydrogen) atoms. The molecule has 0 saturated heterocycles. The monoisotopic (exact) mass is 404 g/mol. The van der Waals surface area contributed by atoms with Gasteiger partial charge in [0.05, 0.1) is 22.0 Å². The van der Waals surface area contributed by atoms with E-state index in [0.717, 1.165) is 22.7 Å². The standard InChI is InChI=1S/C16H15Cl2FN2O3S/c1-10(16(22)20-12-5-8-14(17)15(18)9-12)21(25(2,23)24)13-6-3-11(19)4-7-13/h3-10H,1-2H3,(H,20,22)/t10-/m0/s1. The van der Waals surface area contributed by atoms with Crippen molar-refractivity contribution in [2.45, 2.75) is 13.0 Å². The molecule has 0 spiro atoms. The van der Waals surface area contributed by atoms with E-state index in [2.05, 4.69) is 5.32 Å². The molecule has 1 atom stereocenters. The van der Waals surface area contributed by atoms with Gasteiger partial charge in [-0.05, 0) is 49.4 Å². The lowest BCUT2D eigenvalue weighted by molar-refractivity contribution is -0.116. The van der Waals surface area contributed by atoms with E-state index in [4.69, 9.17) is 23.2 Å². The SMILES string of the molecule is C[C@@H](C(=O)Nc1ccc(Cl)c(Cl)c1)N(c1ccc(F)cc1)S(C)(=O)=O.